The second-order valence-corrected chi connectivity index (χ2v) is 8.75. The molecule has 0 saturated heterocycles. The summed E-state index contributed by atoms with van der Waals surface area (Å²) in [6, 6.07) is 24.3. The van der Waals surface area contributed by atoms with Gasteiger partial charge in [-0.15, -0.1) is 0 Å². The lowest BCUT2D eigenvalue weighted by Crippen LogP contribution is -2.28. The summed E-state index contributed by atoms with van der Waals surface area (Å²) >= 11 is 0. The Morgan fingerprint density at radius 1 is 1.00 bits per heavy atom. The summed E-state index contributed by atoms with van der Waals surface area (Å²) in [5.74, 6) is 1.18. The molecule has 0 aliphatic rings. The lowest BCUT2D eigenvalue weighted by molar-refractivity contribution is -0.00623. The van der Waals surface area contributed by atoms with Crippen molar-refractivity contribution in [2.24, 2.45) is 10.4 Å². The number of aliphatic imine (C=N–C) groups is 1. The SMILES string of the molecule is C/C=C(\NC(C)=NCC(C)(C)C(c1ccc(O)cc1)c1ccc(OF)cc1)c1ccccc1. The lowest BCUT2D eigenvalue weighted by Gasteiger charge is -2.34. The highest BCUT2D eigenvalue weighted by atomic mass is 19.3. The zero-order valence-electron chi connectivity index (χ0n) is 19.5. The number of phenols is 1. The van der Waals surface area contributed by atoms with Crippen molar-refractivity contribution in [3.63, 3.8) is 0 Å². The van der Waals surface area contributed by atoms with Crippen LogP contribution < -0.4 is 10.3 Å². The van der Waals surface area contributed by atoms with Crippen LogP contribution in [0.25, 0.3) is 5.70 Å². The third-order valence-electron chi connectivity index (χ3n) is 5.72. The van der Waals surface area contributed by atoms with Crippen molar-refractivity contribution in [3.8, 4) is 11.5 Å². The van der Waals surface area contributed by atoms with E-state index in [-0.39, 0.29) is 22.8 Å². The molecule has 0 aliphatic carbocycles. The van der Waals surface area contributed by atoms with Crippen LogP contribution in [0.4, 0.5) is 4.53 Å². The molecule has 0 heterocycles. The summed E-state index contributed by atoms with van der Waals surface area (Å²) < 4.78 is 12.6. The quantitative estimate of drug-likeness (QED) is 0.293. The molecule has 5 heteroatoms. The molecule has 0 spiro atoms. The van der Waals surface area contributed by atoms with Gasteiger partial charge in [-0.3, -0.25) is 9.93 Å². The largest absolute Gasteiger partial charge is 0.508 e. The Labute approximate surface area is 195 Å². The van der Waals surface area contributed by atoms with E-state index < -0.39 is 0 Å². The zero-order chi connectivity index (χ0) is 23.8. The smallest absolute Gasteiger partial charge is 0.171 e. The van der Waals surface area contributed by atoms with Crippen LogP contribution in [0, 0.1) is 5.41 Å². The van der Waals surface area contributed by atoms with Gasteiger partial charge in [0.05, 0.1) is 5.84 Å². The van der Waals surface area contributed by atoms with Crippen LogP contribution in [0.1, 0.15) is 50.3 Å². The summed E-state index contributed by atoms with van der Waals surface area (Å²) in [4.78, 5) is 8.71. The average molecular weight is 447 g/mol. The van der Waals surface area contributed by atoms with E-state index in [2.05, 4.69) is 36.2 Å². The van der Waals surface area contributed by atoms with E-state index in [4.69, 9.17) is 4.99 Å². The van der Waals surface area contributed by atoms with Crippen LogP contribution in [-0.2, 0) is 0 Å². The standard InChI is InChI=1S/C28H31FN2O2/c1-5-26(21-9-7-6-8-10-21)31-20(2)30-19-28(3,4)27(22-11-15-24(32)16-12-22)23-13-17-25(33-29)18-14-23/h5-18,27,32H,19H2,1-4H3,(H,30,31)/b26-5-. The van der Waals surface area contributed by atoms with Gasteiger partial charge in [0.15, 0.2) is 5.75 Å². The van der Waals surface area contributed by atoms with Crippen molar-refractivity contribution in [3.05, 3.63) is 102 Å². The first-order chi connectivity index (χ1) is 15.8. The highest BCUT2D eigenvalue weighted by Gasteiger charge is 2.32. The Morgan fingerprint density at radius 2 is 1.58 bits per heavy atom. The van der Waals surface area contributed by atoms with Crippen LogP contribution >= 0.6 is 0 Å². The third kappa shape index (κ3) is 6.22. The Balaban J connectivity index is 1.86. The molecule has 0 aliphatic heterocycles. The van der Waals surface area contributed by atoms with E-state index in [0.717, 1.165) is 28.2 Å². The zero-order valence-corrected chi connectivity index (χ0v) is 19.5. The average Bonchev–Trinajstić information content (AvgIpc) is 2.83. The minimum Gasteiger partial charge on any atom is -0.508 e. The molecule has 0 aromatic heterocycles. The Kier molecular flexibility index (Phi) is 7.88. The van der Waals surface area contributed by atoms with Gasteiger partial charge in [0, 0.05) is 22.7 Å². The van der Waals surface area contributed by atoms with Crippen molar-refractivity contribution in [2.45, 2.75) is 33.6 Å². The molecular formula is C28H31FN2O2. The van der Waals surface area contributed by atoms with Crippen molar-refractivity contribution in [1.29, 1.82) is 0 Å². The maximum Gasteiger partial charge on any atom is 0.171 e. The van der Waals surface area contributed by atoms with Crippen molar-refractivity contribution >= 4 is 11.5 Å². The van der Waals surface area contributed by atoms with Gasteiger partial charge in [0.25, 0.3) is 0 Å². The molecular weight excluding hydrogens is 415 g/mol. The number of phenolic OH excluding ortho intramolecular Hbond substituents is 1. The number of hydrogen-bond donors (Lipinski definition) is 2. The number of nitrogens with zero attached hydrogens (tertiary/aromatic N) is 1. The molecule has 1 unspecified atom stereocenters. The maximum atomic E-state index is 12.6. The first kappa shape index (κ1) is 24.1. The summed E-state index contributed by atoms with van der Waals surface area (Å²) in [5, 5.41) is 13.2. The summed E-state index contributed by atoms with van der Waals surface area (Å²) in [6.07, 6.45) is 2.03. The number of amidine groups is 1. The van der Waals surface area contributed by atoms with E-state index in [1.807, 2.05) is 62.4 Å². The molecule has 0 amide bonds. The van der Waals surface area contributed by atoms with Crippen LogP contribution in [0.5, 0.6) is 11.5 Å². The van der Waals surface area contributed by atoms with Crippen molar-refractivity contribution in [2.75, 3.05) is 6.54 Å². The molecule has 3 aromatic rings. The van der Waals surface area contributed by atoms with E-state index in [9.17, 15) is 9.63 Å². The van der Waals surface area contributed by atoms with E-state index >= 15 is 0 Å². The van der Waals surface area contributed by atoms with Crippen molar-refractivity contribution < 1.29 is 14.6 Å². The predicted octanol–water partition coefficient (Wildman–Crippen LogP) is 6.88. The number of allylic oxidation sites excluding steroid dienone is 1. The number of nitrogens with one attached hydrogen (secondary N) is 1. The van der Waals surface area contributed by atoms with E-state index in [1.54, 1.807) is 24.3 Å². The fourth-order valence-electron chi connectivity index (χ4n) is 4.05. The Hall–Kier alpha value is -3.60. The van der Waals surface area contributed by atoms with Crippen LogP contribution in [0.3, 0.4) is 0 Å². The number of aromatic hydroxyl groups is 1. The molecule has 0 bridgehead atoms. The topological polar surface area (TPSA) is 53.9 Å². The van der Waals surface area contributed by atoms with Gasteiger partial charge >= 0.3 is 0 Å². The molecule has 33 heavy (non-hydrogen) atoms. The van der Waals surface area contributed by atoms with Gasteiger partial charge in [-0.1, -0.05) is 74.5 Å². The molecule has 3 aromatic carbocycles. The van der Waals surface area contributed by atoms with E-state index in [1.165, 1.54) is 0 Å². The van der Waals surface area contributed by atoms with Crippen LogP contribution in [-0.4, -0.2) is 17.5 Å². The molecule has 2 N–H and O–H groups in total. The molecule has 0 saturated carbocycles. The molecule has 1 atom stereocenters. The van der Waals surface area contributed by atoms with Crippen LogP contribution in [0.15, 0.2) is 89.9 Å². The summed E-state index contributed by atoms with van der Waals surface area (Å²) in [7, 11) is 0. The maximum absolute atomic E-state index is 12.6. The second-order valence-electron chi connectivity index (χ2n) is 8.75. The van der Waals surface area contributed by atoms with Gasteiger partial charge in [-0.05, 0) is 60.2 Å². The number of hydrogen-bond acceptors (Lipinski definition) is 3. The summed E-state index contributed by atoms with van der Waals surface area (Å²) in [6.45, 7) is 8.84. The fourth-order valence-corrected chi connectivity index (χ4v) is 4.05. The number of halogens is 1. The van der Waals surface area contributed by atoms with Gasteiger partial charge in [0.1, 0.15) is 5.75 Å². The second kappa shape index (κ2) is 10.8. The first-order valence-corrected chi connectivity index (χ1v) is 11.0. The van der Waals surface area contributed by atoms with Crippen LogP contribution in [0.2, 0.25) is 0 Å². The molecule has 172 valence electrons. The third-order valence-corrected chi connectivity index (χ3v) is 5.72. The lowest BCUT2D eigenvalue weighted by atomic mass is 9.71. The molecule has 0 fully saturated rings. The van der Waals surface area contributed by atoms with Gasteiger partial charge in [0.2, 0.25) is 0 Å². The van der Waals surface area contributed by atoms with Gasteiger partial charge in [-0.2, -0.15) is 0 Å². The molecule has 3 rings (SSSR count). The Morgan fingerprint density at radius 3 is 2.12 bits per heavy atom. The molecule has 4 nitrogen and oxygen atoms in total. The molecule has 0 radical (unpaired) electrons. The van der Waals surface area contributed by atoms with Gasteiger partial charge in [-0.25, -0.2) is 0 Å². The predicted molar refractivity (Wildman–Crippen MR) is 133 cm³/mol. The highest BCUT2D eigenvalue weighted by Crippen LogP contribution is 2.42. The highest BCUT2D eigenvalue weighted by molar-refractivity contribution is 5.89. The number of benzene rings is 3. The minimum atomic E-state index is -0.277. The van der Waals surface area contributed by atoms with Crippen molar-refractivity contribution in [1.82, 2.24) is 5.32 Å². The van der Waals surface area contributed by atoms with E-state index in [0.29, 0.717) is 6.54 Å². The fraction of sp³-hybridized carbons (Fsp3) is 0.250. The first-order valence-electron chi connectivity index (χ1n) is 11.0. The monoisotopic (exact) mass is 446 g/mol. The minimum absolute atomic E-state index is 0.0291. The normalized spacial score (nSPS) is 13.5. The van der Waals surface area contributed by atoms with Gasteiger partial charge < -0.3 is 10.4 Å². The Bertz CT molecular complexity index is 1090. The number of rotatable bonds is 8. The summed E-state index contributed by atoms with van der Waals surface area (Å²) in [5.41, 5.74) is 3.90.